The van der Waals surface area contributed by atoms with Gasteiger partial charge in [0.15, 0.2) is 0 Å². The minimum absolute atomic E-state index is 0.0461. The van der Waals surface area contributed by atoms with E-state index in [2.05, 4.69) is 43.5 Å². The van der Waals surface area contributed by atoms with Crippen LogP contribution in [0, 0.1) is 28.6 Å². The van der Waals surface area contributed by atoms with Gasteiger partial charge in [-0.1, -0.05) is 49.8 Å². The van der Waals surface area contributed by atoms with E-state index in [1.54, 1.807) is 0 Å². The van der Waals surface area contributed by atoms with E-state index in [4.69, 9.17) is 11.6 Å². The fourth-order valence-electron chi connectivity index (χ4n) is 5.93. The highest BCUT2D eigenvalue weighted by atomic mass is 35.5. The summed E-state index contributed by atoms with van der Waals surface area (Å²) in [5.74, 6) is 1.36. The molecule has 0 bridgehead atoms. The number of carbonyl (C=O) groups excluding carboxylic acids is 1. The van der Waals surface area contributed by atoms with E-state index in [1.807, 2.05) is 24.3 Å². The van der Waals surface area contributed by atoms with E-state index in [9.17, 15) is 4.79 Å². The summed E-state index contributed by atoms with van der Waals surface area (Å²) in [4.78, 5) is 12.7. The molecular weight excluding hydrogens is 354 g/mol. The maximum Gasteiger partial charge on any atom is 0.227 e. The van der Waals surface area contributed by atoms with Crippen molar-refractivity contribution in [3.05, 3.63) is 53.6 Å². The molecule has 3 atom stereocenters. The number of amides is 1. The topological polar surface area (TPSA) is 29.1 Å². The van der Waals surface area contributed by atoms with Crippen molar-refractivity contribution in [2.45, 2.75) is 52.4 Å². The normalized spacial score (nSPS) is 35.8. The van der Waals surface area contributed by atoms with Crippen LogP contribution in [0.25, 0.3) is 0 Å². The second-order valence-corrected chi connectivity index (χ2v) is 9.51. The average molecular weight is 384 g/mol. The largest absolute Gasteiger partial charge is 0.326 e. The molecular formula is C24H30ClNO. The van der Waals surface area contributed by atoms with Crippen LogP contribution in [0.3, 0.4) is 0 Å². The molecule has 27 heavy (non-hydrogen) atoms. The molecule has 2 saturated carbocycles. The summed E-state index contributed by atoms with van der Waals surface area (Å²) in [6.45, 7) is 4.57. The maximum atomic E-state index is 12.7. The number of allylic oxidation sites excluding steroid dienone is 4. The molecule has 2 nitrogen and oxygen atoms in total. The number of carbonyl (C=O) groups is 1. The van der Waals surface area contributed by atoms with Crippen LogP contribution < -0.4 is 5.32 Å². The predicted molar refractivity (Wildman–Crippen MR) is 113 cm³/mol. The van der Waals surface area contributed by atoms with Crippen molar-refractivity contribution >= 4 is 23.2 Å². The minimum atomic E-state index is 0.0461. The molecule has 1 spiro atoms. The smallest absolute Gasteiger partial charge is 0.227 e. The van der Waals surface area contributed by atoms with Crippen LogP contribution in [0.5, 0.6) is 0 Å². The molecule has 1 amide bonds. The van der Waals surface area contributed by atoms with Crippen molar-refractivity contribution in [2.75, 3.05) is 5.32 Å². The van der Waals surface area contributed by atoms with Gasteiger partial charge in [-0.25, -0.2) is 0 Å². The van der Waals surface area contributed by atoms with Crippen LogP contribution in [0.4, 0.5) is 5.69 Å². The first kappa shape index (κ1) is 18.8. The zero-order valence-corrected chi connectivity index (χ0v) is 17.1. The average Bonchev–Trinajstić information content (AvgIpc) is 2.96. The highest BCUT2D eigenvalue weighted by Gasteiger charge is 2.56. The summed E-state index contributed by atoms with van der Waals surface area (Å²) in [7, 11) is 0. The van der Waals surface area contributed by atoms with Crippen LogP contribution in [-0.2, 0) is 4.79 Å². The molecule has 3 heteroatoms. The van der Waals surface area contributed by atoms with Gasteiger partial charge in [-0.15, -0.1) is 0 Å². The van der Waals surface area contributed by atoms with Gasteiger partial charge in [-0.05, 0) is 85.5 Å². The Morgan fingerprint density at radius 2 is 1.78 bits per heavy atom. The number of hydrogen-bond acceptors (Lipinski definition) is 1. The maximum absolute atomic E-state index is 12.7. The summed E-state index contributed by atoms with van der Waals surface area (Å²) in [5, 5.41) is 3.75. The second-order valence-electron chi connectivity index (χ2n) is 9.07. The summed E-state index contributed by atoms with van der Waals surface area (Å²) in [6.07, 6.45) is 16.8. The van der Waals surface area contributed by atoms with Crippen LogP contribution in [0.1, 0.15) is 52.4 Å². The summed E-state index contributed by atoms with van der Waals surface area (Å²) >= 11 is 5.93. The molecule has 3 aliphatic carbocycles. The van der Waals surface area contributed by atoms with E-state index in [-0.39, 0.29) is 11.8 Å². The summed E-state index contributed by atoms with van der Waals surface area (Å²) < 4.78 is 0. The fourth-order valence-corrected chi connectivity index (χ4v) is 6.06. The first-order valence-corrected chi connectivity index (χ1v) is 10.7. The van der Waals surface area contributed by atoms with E-state index in [0.717, 1.165) is 18.5 Å². The fraction of sp³-hybridized carbons (Fsp3) is 0.542. The lowest BCUT2D eigenvalue weighted by atomic mass is 9.55. The molecule has 0 heterocycles. The number of anilines is 1. The lowest BCUT2D eigenvalue weighted by Crippen LogP contribution is -2.42. The molecule has 144 valence electrons. The van der Waals surface area contributed by atoms with Crippen LogP contribution in [-0.4, -0.2) is 5.91 Å². The molecule has 2 fully saturated rings. The van der Waals surface area contributed by atoms with Gasteiger partial charge >= 0.3 is 0 Å². The third-order valence-electron chi connectivity index (χ3n) is 7.96. The summed E-state index contributed by atoms with van der Waals surface area (Å²) in [6, 6.07) is 7.36. The first-order valence-electron chi connectivity index (χ1n) is 10.4. The van der Waals surface area contributed by atoms with Gasteiger partial charge in [0.25, 0.3) is 0 Å². The van der Waals surface area contributed by atoms with Crippen molar-refractivity contribution in [2.24, 2.45) is 28.6 Å². The van der Waals surface area contributed by atoms with Gasteiger partial charge < -0.3 is 5.32 Å². The Morgan fingerprint density at radius 1 is 1.11 bits per heavy atom. The molecule has 0 aromatic heterocycles. The van der Waals surface area contributed by atoms with E-state index in [0.29, 0.717) is 27.7 Å². The van der Waals surface area contributed by atoms with Gasteiger partial charge in [0.1, 0.15) is 0 Å². The Balaban J connectivity index is 1.39. The van der Waals surface area contributed by atoms with Crippen molar-refractivity contribution in [3.8, 4) is 0 Å². The molecule has 0 radical (unpaired) electrons. The highest BCUT2D eigenvalue weighted by molar-refractivity contribution is 6.30. The zero-order chi connectivity index (χ0) is 19.1. The zero-order valence-electron chi connectivity index (χ0n) is 16.4. The quantitative estimate of drug-likeness (QED) is 0.623. The van der Waals surface area contributed by atoms with Gasteiger partial charge in [-0.3, -0.25) is 4.79 Å². The van der Waals surface area contributed by atoms with Gasteiger partial charge in [0.05, 0.1) is 0 Å². The molecule has 4 rings (SSSR count). The predicted octanol–water partition coefficient (Wildman–Crippen LogP) is 6.63. The molecule has 0 saturated heterocycles. The Kier molecular flexibility index (Phi) is 4.96. The Bertz CT molecular complexity index is 757. The van der Waals surface area contributed by atoms with Crippen LogP contribution >= 0.6 is 11.6 Å². The highest BCUT2D eigenvalue weighted by Crippen LogP contribution is 2.65. The second kappa shape index (κ2) is 7.13. The molecule has 1 N–H and O–H groups in total. The standard InChI is InChI=1S/C24H30ClNO/c1-17(22(27)26-21-8-6-20(25)7-9-21)18-10-14-24(15-11-18)16-12-19-5-3-4-13-23(19,24)2/h3-9,13,17-19H,10-12,14-16H2,1-2H3,(H,26,27)/t17-,18?,19?,23?,24?/m1/s1. The van der Waals surface area contributed by atoms with E-state index < -0.39 is 0 Å². The Labute approximate surface area is 168 Å². The number of benzene rings is 1. The molecule has 3 aliphatic rings. The third-order valence-corrected chi connectivity index (χ3v) is 8.22. The van der Waals surface area contributed by atoms with Gasteiger partial charge in [-0.2, -0.15) is 0 Å². The molecule has 1 aromatic carbocycles. The van der Waals surface area contributed by atoms with Crippen molar-refractivity contribution < 1.29 is 4.79 Å². The van der Waals surface area contributed by atoms with Crippen molar-refractivity contribution in [3.63, 3.8) is 0 Å². The van der Waals surface area contributed by atoms with Crippen LogP contribution in [0.15, 0.2) is 48.6 Å². The molecule has 1 aromatic rings. The lowest BCUT2D eigenvalue weighted by Gasteiger charge is -2.50. The first-order chi connectivity index (χ1) is 12.9. The van der Waals surface area contributed by atoms with Crippen molar-refractivity contribution in [1.29, 1.82) is 0 Å². The van der Waals surface area contributed by atoms with Gasteiger partial charge in [0.2, 0.25) is 5.91 Å². The number of nitrogens with one attached hydrogen (secondary N) is 1. The minimum Gasteiger partial charge on any atom is -0.326 e. The third kappa shape index (κ3) is 3.27. The Hall–Kier alpha value is -1.54. The molecule has 2 unspecified atom stereocenters. The number of hydrogen-bond donors (Lipinski definition) is 1. The van der Waals surface area contributed by atoms with E-state index in [1.165, 1.54) is 25.7 Å². The van der Waals surface area contributed by atoms with Crippen molar-refractivity contribution in [1.82, 2.24) is 0 Å². The number of rotatable bonds is 3. The monoisotopic (exact) mass is 383 g/mol. The number of halogens is 1. The number of fused-ring (bicyclic) bond motifs is 2. The van der Waals surface area contributed by atoms with Crippen LogP contribution in [0.2, 0.25) is 5.02 Å². The Morgan fingerprint density at radius 3 is 2.48 bits per heavy atom. The van der Waals surface area contributed by atoms with E-state index >= 15 is 0 Å². The lowest BCUT2D eigenvalue weighted by molar-refractivity contribution is -0.121. The SMILES string of the molecule is C[C@@H](C(=O)Nc1ccc(Cl)cc1)C1CCC2(CC1)CCC1C=CC=CC12C. The summed E-state index contributed by atoms with van der Waals surface area (Å²) in [5.41, 5.74) is 1.57. The van der Waals surface area contributed by atoms with Gasteiger partial charge in [0, 0.05) is 16.6 Å². The molecule has 0 aliphatic heterocycles.